The second-order valence-electron chi connectivity index (χ2n) is 1.66. The average molecular weight is 167 g/mol. The van der Waals surface area contributed by atoms with Gasteiger partial charge in [0.1, 0.15) is 6.29 Å². The molecule has 0 aliphatic heterocycles. The molecule has 12 heavy (non-hydrogen) atoms. The number of carbonyl (C=O) groups is 1. The molecule has 2 radical (unpaired) electrons. The van der Waals surface area contributed by atoms with Gasteiger partial charge >= 0.3 is 29.6 Å². The molecule has 0 fully saturated rings. The van der Waals surface area contributed by atoms with Gasteiger partial charge in [0.2, 0.25) is 7.85 Å². The van der Waals surface area contributed by atoms with Crippen molar-refractivity contribution in [1.82, 2.24) is 0 Å². The van der Waals surface area contributed by atoms with Crippen LogP contribution in [0.2, 0.25) is 0 Å². The Balaban J connectivity index is -0.000000180. The normalized spacial score (nSPS) is 6.25. The van der Waals surface area contributed by atoms with Crippen molar-refractivity contribution in [3.05, 3.63) is 35.9 Å². The first-order valence-electron chi connectivity index (χ1n) is 2.95. The molecule has 1 aromatic rings. The minimum Gasteiger partial charge on any atom is -1.00 e. The Kier molecular flexibility index (Phi) is 12.2. The molecule has 0 aromatic heterocycles. The predicted octanol–water partition coefficient (Wildman–Crippen LogP) is -1.75. The first kappa shape index (κ1) is 14.0. The second-order valence-corrected chi connectivity index (χ2v) is 1.66. The van der Waals surface area contributed by atoms with E-state index in [9.17, 15) is 4.79 Å². The van der Waals surface area contributed by atoms with Gasteiger partial charge in [-0.25, -0.2) is 5.26 Å². The van der Waals surface area contributed by atoms with E-state index >= 15 is 0 Å². The van der Waals surface area contributed by atoms with Crippen LogP contribution in [0.1, 0.15) is 11.8 Å². The number of carbonyl (C=O) groups excluding carboxylic acids is 1. The van der Waals surface area contributed by atoms with Crippen molar-refractivity contribution in [2.45, 2.75) is 0 Å². The number of nitrogens with zero attached hydrogens (tertiary/aromatic N) is 1. The van der Waals surface area contributed by atoms with Crippen LogP contribution in [0.25, 0.3) is 0 Å². The summed E-state index contributed by atoms with van der Waals surface area (Å²) >= 11 is 0. The molecule has 0 bridgehead atoms. The first-order valence-corrected chi connectivity index (χ1v) is 2.95. The van der Waals surface area contributed by atoms with Gasteiger partial charge in [-0.3, -0.25) is 4.79 Å². The molecule has 0 heterocycles. The first-order chi connectivity index (χ1) is 5.35. The molecule has 1 rings (SSSR count). The fraction of sp³-hybridized carbons (Fsp3) is 0. The Hall–Kier alpha value is -0.555. The van der Waals surface area contributed by atoms with Crippen LogP contribution in [0.3, 0.4) is 0 Å². The van der Waals surface area contributed by atoms with Crippen LogP contribution in [-0.4, -0.2) is 14.1 Å². The molecule has 0 saturated heterocycles. The summed E-state index contributed by atoms with van der Waals surface area (Å²) in [6, 6.07) is 9.10. The molecule has 0 spiro atoms. The molecule has 0 unspecified atom stereocenters. The molecular weight excluding hydrogens is 160 g/mol. The van der Waals surface area contributed by atoms with E-state index < -0.39 is 0 Å². The van der Waals surface area contributed by atoms with Crippen molar-refractivity contribution >= 4 is 14.1 Å². The van der Waals surface area contributed by atoms with Gasteiger partial charge in [-0.1, -0.05) is 30.3 Å². The maximum atomic E-state index is 10.0. The van der Waals surface area contributed by atoms with E-state index in [2.05, 4.69) is 7.85 Å². The quantitative estimate of drug-likeness (QED) is 0.367. The molecule has 0 atom stereocenters. The fourth-order valence-corrected chi connectivity index (χ4v) is 0.532. The summed E-state index contributed by atoms with van der Waals surface area (Å²) in [5, 5.41) is 7.10. The van der Waals surface area contributed by atoms with Crippen LogP contribution in [0.5, 0.6) is 0 Å². The van der Waals surface area contributed by atoms with Crippen molar-refractivity contribution in [3.63, 3.8) is 0 Å². The summed E-state index contributed by atoms with van der Waals surface area (Å²) in [6.07, 6.45) is 0.833. The van der Waals surface area contributed by atoms with Gasteiger partial charge in [-0.15, -0.1) is 0 Å². The zero-order valence-corrected chi connectivity index (χ0v) is 8.90. The van der Waals surface area contributed by atoms with Crippen LogP contribution in [0.15, 0.2) is 30.3 Å². The number of nitriles is 1. The summed E-state index contributed by atoms with van der Waals surface area (Å²) in [5.41, 5.74) is 0.729. The van der Waals surface area contributed by atoms with Crippen LogP contribution in [-0.2, 0) is 0 Å². The number of hydrogen-bond acceptors (Lipinski definition) is 2. The van der Waals surface area contributed by atoms with Crippen LogP contribution in [0.4, 0.5) is 0 Å². The van der Waals surface area contributed by atoms with Crippen LogP contribution >= 0.6 is 0 Å². The maximum Gasteiger partial charge on any atom is 1.00 e. The SMILES string of the molecule is O=Cc1ccccc1.[B]C#N.[H-].[Na+]. The van der Waals surface area contributed by atoms with Gasteiger partial charge in [-0.05, 0) is 5.97 Å². The van der Waals surface area contributed by atoms with E-state index in [0.29, 0.717) is 0 Å². The van der Waals surface area contributed by atoms with Gasteiger partial charge in [0, 0.05) is 5.56 Å². The molecule has 0 N–H and O–H groups in total. The van der Waals surface area contributed by atoms with E-state index in [0.717, 1.165) is 11.8 Å². The number of hydrogen-bond donors (Lipinski definition) is 0. The Labute approximate surface area is 96.8 Å². The van der Waals surface area contributed by atoms with E-state index in [-0.39, 0.29) is 31.0 Å². The van der Waals surface area contributed by atoms with E-state index in [1.54, 1.807) is 12.1 Å². The molecule has 0 saturated carbocycles. The third-order valence-corrected chi connectivity index (χ3v) is 0.936. The minimum atomic E-state index is 0. The minimum absolute atomic E-state index is 0. The van der Waals surface area contributed by atoms with Crippen molar-refractivity contribution < 1.29 is 35.8 Å². The fourth-order valence-electron chi connectivity index (χ4n) is 0.532. The molecule has 1 aromatic carbocycles. The van der Waals surface area contributed by atoms with Crippen molar-refractivity contribution in [2.24, 2.45) is 0 Å². The smallest absolute Gasteiger partial charge is 1.00 e. The molecule has 0 amide bonds. The van der Waals surface area contributed by atoms with Gasteiger partial charge in [0.15, 0.2) is 0 Å². The Morgan fingerprint density at radius 2 is 1.83 bits per heavy atom. The number of rotatable bonds is 1. The van der Waals surface area contributed by atoms with Crippen LogP contribution in [0, 0.1) is 11.2 Å². The molecule has 54 valence electrons. The van der Waals surface area contributed by atoms with Gasteiger partial charge in [0.25, 0.3) is 0 Å². The molecule has 0 aliphatic rings. The van der Waals surface area contributed by atoms with Crippen molar-refractivity contribution in [1.29, 1.82) is 5.26 Å². The number of aldehydes is 1. The largest absolute Gasteiger partial charge is 1.00 e. The predicted molar refractivity (Wildman–Crippen MR) is 44.3 cm³/mol. The van der Waals surface area contributed by atoms with Gasteiger partial charge in [-0.2, -0.15) is 0 Å². The standard InChI is InChI=1S/C7H6O.CBN.Na.H/c8-6-7-4-2-1-3-5-7;2-1-3;;/h1-6H;;;/q;;+1;-1. The maximum absolute atomic E-state index is 10.0. The monoisotopic (exact) mass is 167 g/mol. The molecule has 4 heteroatoms. The summed E-state index contributed by atoms with van der Waals surface area (Å²) < 4.78 is 0. The Morgan fingerprint density at radius 3 is 2.08 bits per heavy atom. The second kappa shape index (κ2) is 10.4. The van der Waals surface area contributed by atoms with Crippen LogP contribution < -0.4 is 29.6 Å². The average Bonchev–Trinajstić information content (AvgIpc) is 2.08. The van der Waals surface area contributed by atoms with E-state index in [1.807, 2.05) is 18.2 Å². The molecule has 2 nitrogen and oxygen atoms in total. The van der Waals surface area contributed by atoms with Gasteiger partial charge in [0.05, 0.1) is 0 Å². The summed E-state index contributed by atoms with van der Waals surface area (Å²) in [7, 11) is 4.15. The third-order valence-electron chi connectivity index (χ3n) is 0.936. The summed E-state index contributed by atoms with van der Waals surface area (Å²) in [5.74, 6) is 1.25. The Morgan fingerprint density at radius 1 is 1.42 bits per heavy atom. The zero-order chi connectivity index (χ0) is 8.53. The topological polar surface area (TPSA) is 40.9 Å². The number of benzene rings is 1. The van der Waals surface area contributed by atoms with Crippen molar-refractivity contribution in [2.75, 3.05) is 0 Å². The summed E-state index contributed by atoms with van der Waals surface area (Å²) in [6.45, 7) is 0. The Bertz CT molecular complexity index is 250. The summed E-state index contributed by atoms with van der Waals surface area (Å²) in [4.78, 5) is 10.0. The van der Waals surface area contributed by atoms with Crippen molar-refractivity contribution in [3.8, 4) is 5.97 Å². The third kappa shape index (κ3) is 7.55. The van der Waals surface area contributed by atoms with E-state index in [4.69, 9.17) is 5.26 Å². The van der Waals surface area contributed by atoms with E-state index in [1.165, 1.54) is 5.97 Å². The zero-order valence-electron chi connectivity index (χ0n) is 7.90. The van der Waals surface area contributed by atoms with Gasteiger partial charge < -0.3 is 1.43 Å². The molecule has 0 aliphatic carbocycles. The molecular formula is C8H7BNNaO.